The highest BCUT2D eigenvalue weighted by Gasteiger charge is 2.25. The molecule has 0 saturated carbocycles. The first-order valence-electron chi connectivity index (χ1n) is 8.82. The molecule has 0 aromatic carbocycles. The van der Waals surface area contributed by atoms with Gasteiger partial charge in [-0.3, -0.25) is 14.6 Å². The van der Waals surface area contributed by atoms with Gasteiger partial charge in [0, 0.05) is 37.4 Å². The molecule has 140 valence electrons. The summed E-state index contributed by atoms with van der Waals surface area (Å²) in [6, 6.07) is 4.58. The minimum atomic E-state index is -0.543. The Bertz CT molecular complexity index is 536. The van der Waals surface area contributed by atoms with Crippen LogP contribution in [0.4, 0.5) is 0 Å². The Hall–Kier alpha value is -1.99. The minimum Gasteiger partial charge on any atom is -0.355 e. The third-order valence-electron chi connectivity index (χ3n) is 3.87. The van der Waals surface area contributed by atoms with Gasteiger partial charge in [-0.1, -0.05) is 19.9 Å². The lowest BCUT2D eigenvalue weighted by molar-refractivity contribution is -0.130. The highest BCUT2D eigenvalue weighted by Crippen LogP contribution is 2.03. The predicted molar refractivity (Wildman–Crippen MR) is 98.8 cm³/mol. The van der Waals surface area contributed by atoms with E-state index in [1.165, 1.54) is 0 Å². The lowest BCUT2D eigenvalue weighted by atomic mass is 10.0. The van der Waals surface area contributed by atoms with Crippen molar-refractivity contribution in [3.8, 4) is 0 Å². The number of carbonyl (C=O) groups is 2. The highest BCUT2D eigenvalue weighted by molar-refractivity contribution is 5.89. The molecule has 3 atom stereocenters. The van der Waals surface area contributed by atoms with E-state index in [0.29, 0.717) is 19.5 Å². The first-order valence-corrected chi connectivity index (χ1v) is 8.82. The van der Waals surface area contributed by atoms with Crippen LogP contribution in [0.15, 0.2) is 24.4 Å². The lowest BCUT2D eigenvalue weighted by Crippen LogP contribution is -2.55. The quantitative estimate of drug-likeness (QED) is 0.483. The van der Waals surface area contributed by atoms with Crippen molar-refractivity contribution in [3.05, 3.63) is 30.1 Å². The van der Waals surface area contributed by atoms with E-state index in [0.717, 1.165) is 5.69 Å². The smallest absolute Gasteiger partial charge is 0.242 e. The maximum Gasteiger partial charge on any atom is 0.242 e. The van der Waals surface area contributed by atoms with Crippen LogP contribution < -0.4 is 21.7 Å². The van der Waals surface area contributed by atoms with Gasteiger partial charge >= 0.3 is 0 Å². The Balaban J connectivity index is 2.45. The second kappa shape index (κ2) is 10.8. The van der Waals surface area contributed by atoms with Crippen molar-refractivity contribution in [2.45, 2.75) is 52.2 Å². The van der Waals surface area contributed by atoms with Crippen LogP contribution in [0.25, 0.3) is 0 Å². The molecular formula is C18H31N5O2. The zero-order valence-corrected chi connectivity index (χ0v) is 15.6. The summed E-state index contributed by atoms with van der Waals surface area (Å²) in [4.78, 5) is 28.6. The molecule has 0 radical (unpaired) electrons. The number of pyridine rings is 1. The number of carbonyl (C=O) groups excluding carboxylic acids is 2. The summed E-state index contributed by atoms with van der Waals surface area (Å²) >= 11 is 0. The number of hydrogen-bond acceptors (Lipinski definition) is 5. The summed E-state index contributed by atoms with van der Waals surface area (Å²) < 4.78 is 0. The summed E-state index contributed by atoms with van der Waals surface area (Å²) in [7, 11) is 0. The van der Waals surface area contributed by atoms with Crippen LogP contribution in [-0.2, 0) is 16.0 Å². The first kappa shape index (κ1) is 21.1. The third-order valence-corrected chi connectivity index (χ3v) is 3.87. The van der Waals surface area contributed by atoms with Gasteiger partial charge in [-0.25, -0.2) is 0 Å². The topological polar surface area (TPSA) is 109 Å². The van der Waals surface area contributed by atoms with Gasteiger partial charge in [0.15, 0.2) is 0 Å². The van der Waals surface area contributed by atoms with Gasteiger partial charge < -0.3 is 21.7 Å². The Morgan fingerprint density at radius 2 is 1.92 bits per heavy atom. The van der Waals surface area contributed by atoms with Crippen LogP contribution in [0.2, 0.25) is 0 Å². The fourth-order valence-corrected chi connectivity index (χ4v) is 2.38. The highest BCUT2D eigenvalue weighted by atomic mass is 16.2. The van der Waals surface area contributed by atoms with Gasteiger partial charge in [-0.2, -0.15) is 0 Å². The zero-order chi connectivity index (χ0) is 18.8. The summed E-state index contributed by atoms with van der Waals surface area (Å²) in [5.41, 5.74) is 7.01. The van der Waals surface area contributed by atoms with Crippen molar-refractivity contribution in [3.63, 3.8) is 0 Å². The number of rotatable bonds is 10. The molecule has 5 N–H and O–H groups in total. The molecule has 0 aliphatic rings. The van der Waals surface area contributed by atoms with Crippen molar-refractivity contribution < 1.29 is 9.59 Å². The molecule has 0 spiro atoms. The van der Waals surface area contributed by atoms with E-state index < -0.39 is 12.1 Å². The lowest BCUT2D eigenvalue weighted by Gasteiger charge is -2.24. The summed E-state index contributed by atoms with van der Waals surface area (Å²) in [6.45, 7) is 8.44. The van der Waals surface area contributed by atoms with Gasteiger partial charge in [0.05, 0.1) is 6.04 Å². The monoisotopic (exact) mass is 349 g/mol. The van der Waals surface area contributed by atoms with E-state index in [4.69, 9.17) is 5.73 Å². The zero-order valence-electron chi connectivity index (χ0n) is 15.6. The number of nitrogens with two attached hydrogens (primary N) is 1. The standard InChI is InChI=1S/C18H31N5O2/c1-5-20-18(25)16(12(2)3)23-17(24)13(4)22-11-14(19)10-15-8-6-7-9-21-15/h6-9,12-14,16,22H,5,10-11,19H2,1-4H3,(H,20,25)(H,23,24)/t13-,14-,16-/m0/s1. The van der Waals surface area contributed by atoms with Crippen LogP contribution in [-0.4, -0.2) is 48.0 Å². The average molecular weight is 349 g/mol. The van der Waals surface area contributed by atoms with Crippen molar-refractivity contribution in [1.29, 1.82) is 0 Å². The third kappa shape index (κ3) is 7.62. The van der Waals surface area contributed by atoms with E-state index in [9.17, 15) is 9.59 Å². The molecule has 1 aromatic heterocycles. The number of hydrogen-bond donors (Lipinski definition) is 4. The molecule has 7 heteroatoms. The van der Waals surface area contributed by atoms with Crippen LogP contribution in [0.1, 0.15) is 33.4 Å². The van der Waals surface area contributed by atoms with Gasteiger partial charge in [0.2, 0.25) is 11.8 Å². The van der Waals surface area contributed by atoms with Crippen molar-refractivity contribution in [1.82, 2.24) is 20.9 Å². The molecule has 25 heavy (non-hydrogen) atoms. The van der Waals surface area contributed by atoms with E-state index in [-0.39, 0.29) is 23.8 Å². The van der Waals surface area contributed by atoms with Crippen LogP contribution >= 0.6 is 0 Å². The summed E-state index contributed by atoms with van der Waals surface area (Å²) in [5, 5.41) is 8.68. The number of amides is 2. The molecule has 0 aliphatic heterocycles. The molecule has 0 unspecified atom stereocenters. The molecule has 1 rings (SSSR count). The van der Waals surface area contributed by atoms with Crippen molar-refractivity contribution >= 4 is 11.8 Å². The molecule has 2 amide bonds. The Morgan fingerprint density at radius 1 is 1.20 bits per heavy atom. The van der Waals surface area contributed by atoms with Crippen LogP contribution in [0, 0.1) is 5.92 Å². The molecule has 1 aromatic rings. The summed E-state index contributed by atoms with van der Waals surface area (Å²) in [5.74, 6) is -0.367. The van der Waals surface area contributed by atoms with Gasteiger partial charge in [-0.05, 0) is 31.9 Å². The van der Waals surface area contributed by atoms with Crippen LogP contribution in [0.3, 0.4) is 0 Å². The molecule has 0 bridgehead atoms. The normalized spacial score (nSPS) is 14.6. The molecule has 0 fully saturated rings. The Morgan fingerprint density at radius 3 is 2.48 bits per heavy atom. The Kier molecular flexibility index (Phi) is 9.08. The van der Waals surface area contributed by atoms with E-state index in [1.54, 1.807) is 13.1 Å². The van der Waals surface area contributed by atoms with Gasteiger partial charge in [-0.15, -0.1) is 0 Å². The minimum absolute atomic E-state index is 0.00844. The Labute approximate surface area is 150 Å². The van der Waals surface area contributed by atoms with E-state index in [1.807, 2.05) is 39.0 Å². The van der Waals surface area contributed by atoms with Gasteiger partial charge in [0.25, 0.3) is 0 Å². The fourth-order valence-electron chi connectivity index (χ4n) is 2.38. The first-order chi connectivity index (χ1) is 11.8. The molecule has 0 aliphatic carbocycles. The maximum absolute atomic E-state index is 12.3. The predicted octanol–water partition coefficient (Wildman–Crippen LogP) is 0.206. The van der Waals surface area contributed by atoms with E-state index >= 15 is 0 Å². The van der Waals surface area contributed by atoms with Gasteiger partial charge in [0.1, 0.15) is 6.04 Å². The molecular weight excluding hydrogens is 318 g/mol. The molecule has 1 heterocycles. The number of likely N-dealkylation sites (N-methyl/N-ethyl adjacent to an activating group) is 1. The fraction of sp³-hybridized carbons (Fsp3) is 0.611. The second-order valence-corrected chi connectivity index (χ2v) is 6.54. The van der Waals surface area contributed by atoms with Crippen LogP contribution in [0.5, 0.6) is 0 Å². The number of nitrogens with one attached hydrogen (secondary N) is 3. The number of aromatic nitrogens is 1. The molecule has 7 nitrogen and oxygen atoms in total. The SMILES string of the molecule is CCNC(=O)[C@@H](NC(=O)[C@H](C)NC[C@@H](N)Cc1ccccn1)C(C)C. The second-order valence-electron chi connectivity index (χ2n) is 6.54. The number of nitrogens with zero attached hydrogens (tertiary/aromatic N) is 1. The maximum atomic E-state index is 12.3. The summed E-state index contributed by atoms with van der Waals surface area (Å²) in [6.07, 6.45) is 2.37. The average Bonchev–Trinajstić information content (AvgIpc) is 2.58. The van der Waals surface area contributed by atoms with Crippen molar-refractivity contribution in [2.24, 2.45) is 11.7 Å². The van der Waals surface area contributed by atoms with E-state index in [2.05, 4.69) is 20.9 Å². The molecule has 0 saturated heterocycles. The van der Waals surface area contributed by atoms with Crippen molar-refractivity contribution in [2.75, 3.05) is 13.1 Å². The largest absolute Gasteiger partial charge is 0.355 e.